The first-order valence-corrected chi connectivity index (χ1v) is 8.59. The Hall–Kier alpha value is -2.01. The van der Waals surface area contributed by atoms with Crippen LogP contribution in [0.3, 0.4) is 0 Å². The SMILES string of the molecule is COc1ccc(C)cc1S(=O)(=O)Nc1cccc(C(C)C)c1. The van der Waals surface area contributed by atoms with Crippen molar-refractivity contribution in [3.05, 3.63) is 53.6 Å². The molecular formula is C17H21NO3S. The Kier molecular flexibility index (Phi) is 4.76. The number of methoxy groups -OCH3 is 1. The van der Waals surface area contributed by atoms with Crippen LogP contribution in [-0.2, 0) is 10.0 Å². The third-order valence-electron chi connectivity index (χ3n) is 3.41. The van der Waals surface area contributed by atoms with Crippen LogP contribution < -0.4 is 9.46 Å². The molecule has 4 nitrogen and oxygen atoms in total. The summed E-state index contributed by atoms with van der Waals surface area (Å²) in [7, 11) is -2.23. The summed E-state index contributed by atoms with van der Waals surface area (Å²) in [5.74, 6) is 0.663. The molecule has 2 rings (SSSR count). The predicted molar refractivity (Wildman–Crippen MR) is 89.1 cm³/mol. The summed E-state index contributed by atoms with van der Waals surface area (Å²) in [5.41, 5.74) is 2.49. The normalized spacial score (nSPS) is 11.5. The molecule has 1 N–H and O–H groups in total. The first-order chi connectivity index (χ1) is 10.3. The lowest BCUT2D eigenvalue weighted by molar-refractivity contribution is 0.402. The predicted octanol–water partition coefficient (Wildman–Crippen LogP) is 3.93. The number of sulfonamides is 1. The third-order valence-corrected chi connectivity index (χ3v) is 4.82. The highest BCUT2D eigenvalue weighted by molar-refractivity contribution is 7.92. The van der Waals surface area contributed by atoms with Crippen LogP contribution in [0.5, 0.6) is 5.75 Å². The Morgan fingerprint density at radius 2 is 1.82 bits per heavy atom. The zero-order valence-electron chi connectivity index (χ0n) is 13.3. The molecule has 0 spiro atoms. The fraction of sp³-hybridized carbons (Fsp3) is 0.294. The lowest BCUT2D eigenvalue weighted by Crippen LogP contribution is -2.14. The van der Waals surface area contributed by atoms with Crippen LogP contribution in [-0.4, -0.2) is 15.5 Å². The van der Waals surface area contributed by atoms with Crippen molar-refractivity contribution in [3.8, 4) is 5.75 Å². The lowest BCUT2D eigenvalue weighted by Gasteiger charge is -2.13. The van der Waals surface area contributed by atoms with Gasteiger partial charge in [0.05, 0.1) is 7.11 Å². The van der Waals surface area contributed by atoms with E-state index in [1.54, 1.807) is 18.2 Å². The van der Waals surface area contributed by atoms with Gasteiger partial charge >= 0.3 is 0 Å². The van der Waals surface area contributed by atoms with Gasteiger partial charge in [0.15, 0.2) is 0 Å². The number of anilines is 1. The standard InChI is InChI=1S/C17H21NO3S/c1-12(2)14-6-5-7-15(11-14)18-22(19,20)17-10-13(3)8-9-16(17)21-4/h5-12,18H,1-4H3. The molecular weight excluding hydrogens is 298 g/mol. The first-order valence-electron chi connectivity index (χ1n) is 7.11. The van der Waals surface area contributed by atoms with Crippen molar-refractivity contribution in [2.75, 3.05) is 11.8 Å². The zero-order chi connectivity index (χ0) is 16.3. The van der Waals surface area contributed by atoms with Gasteiger partial charge in [-0.1, -0.05) is 32.0 Å². The van der Waals surface area contributed by atoms with Crippen LogP contribution >= 0.6 is 0 Å². The number of ether oxygens (including phenoxy) is 1. The van der Waals surface area contributed by atoms with Gasteiger partial charge in [0.1, 0.15) is 10.6 Å². The van der Waals surface area contributed by atoms with Gasteiger partial charge in [-0.25, -0.2) is 8.42 Å². The van der Waals surface area contributed by atoms with Gasteiger partial charge in [-0.2, -0.15) is 0 Å². The lowest BCUT2D eigenvalue weighted by atomic mass is 10.0. The van der Waals surface area contributed by atoms with Crippen molar-refractivity contribution < 1.29 is 13.2 Å². The summed E-state index contributed by atoms with van der Waals surface area (Å²) in [4.78, 5) is 0.143. The molecule has 0 saturated heterocycles. The zero-order valence-corrected chi connectivity index (χ0v) is 14.1. The summed E-state index contributed by atoms with van der Waals surface area (Å²) in [5, 5.41) is 0. The molecule has 22 heavy (non-hydrogen) atoms. The molecule has 0 aromatic heterocycles. The minimum absolute atomic E-state index is 0.143. The highest BCUT2D eigenvalue weighted by Crippen LogP contribution is 2.27. The van der Waals surface area contributed by atoms with E-state index in [0.29, 0.717) is 17.4 Å². The molecule has 0 aliphatic rings. The largest absolute Gasteiger partial charge is 0.495 e. The van der Waals surface area contributed by atoms with E-state index >= 15 is 0 Å². The molecule has 0 unspecified atom stereocenters. The van der Waals surface area contributed by atoms with Gasteiger partial charge in [0.25, 0.3) is 10.0 Å². The summed E-state index contributed by atoms with van der Waals surface area (Å²) in [6, 6.07) is 12.5. The second kappa shape index (κ2) is 6.40. The fourth-order valence-corrected chi connectivity index (χ4v) is 3.47. The van der Waals surface area contributed by atoms with Gasteiger partial charge in [-0.05, 0) is 48.2 Å². The molecule has 2 aromatic carbocycles. The van der Waals surface area contributed by atoms with E-state index < -0.39 is 10.0 Å². The number of hydrogen-bond donors (Lipinski definition) is 1. The number of aryl methyl sites for hydroxylation is 1. The van der Waals surface area contributed by atoms with Gasteiger partial charge in [-0.15, -0.1) is 0 Å². The number of hydrogen-bond acceptors (Lipinski definition) is 3. The second-order valence-corrected chi connectivity index (χ2v) is 7.19. The molecule has 0 radical (unpaired) electrons. The van der Waals surface area contributed by atoms with Gasteiger partial charge in [0.2, 0.25) is 0 Å². The number of nitrogens with one attached hydrogen (secondary N) is 1. The topological polar surface area (TPSA) is 55.4 Å². The van der Waals surface area contributed by atoms with E-state index in [9.17, 15) is 8.42 Å². The highest BCUT2D eigenvalue weighted by Gasteiger charge is 2.20. The van der Waals surface area contributed by atoms with Crippen molar-refractivity contribution in [2.24, 2.45) is 0 Å². The van der Waals surface area contributed by atoms with Gasteiger partial charge in [0, 0.05) is 5.69 Å². The Morgan fingerprint density at radius 1 is 1.09 bits per heavy atom. The van der Waals surface area contributed by atoms with Crippen molar-refractivity contribution in [1.29, 1.82) is 0 Å². The van der Waals surface area contributed by atoms with Crippen LogP contribution in [0.2, 0.25) is 0 Å². The monoisotopic (exact) mass is 319 g/mol. The minimum atomic E-state index is -3.70. The van der Waals surface area contributed by atoms with E-state index in [2.05, 4.69) is 18.6 Å². The van der Waals surface area contributed by atoms with Crippen LogP contribution in [0.25, 0.3) is 0 Å². The molecule has 5 heteroatoms. The molecule has 118 valence electrons. The summed E-state index contributed by atoms with van der Waals surface area (Å²) in [6.07, 6.45) is 0. The summed E-state index contributed by atoms with van der Waals surface area (Å²) >= 11 is 0. The molecule has 0 bridgehead atoms. The van der Waals surface area contributed by atoms with Crippen LogP contribution in [0.4, 0.5) is 5.69 Å². The van der Waals surface area contributed by atoms with Crippen LogP contribution in [0.1, 0.15) is 30.9 Å². The highest BCUT2D eigenvalue weighted by atomic mass is 32.2. The Balaban J connectivity index is 2.40. The number of benzene rings is 2. The maximum absolute atomic E-state index is 12.6. The van der Waals surface area contributed by atoms with E-state index in [1.807, 2.05) is 31.2 Å². The minimum Gasteiger partial charge on any atom is -0.495 e. The maximum Gasteiger partial charge on any atom is 0.265 e. The van der Waals surface area contributed by atoms with Gasteiger partial charge in [-0.3, -0.25) is 4.72 Å². The van der Waals surface area contributed by atoms with Gasteiger partial charge < -0.3 is 4.74 Å². The average Bonchev–Trinajstić information content (AvgIpc) is 2.47. The van der Waals surface area contributed by atoms with E-state index in [1.165, 1.54) is 7.11 Å². The van der Waals surface area contributed by atoms with Crippen molar-refractivity contribution in [1.82, 2.24) is 0 Å². The summed E-state index contributed by atoms with van der Waals surface area (Å²) < 4.78 is 33.0. The summed E-state index contributed by atoms with van der Waals surface area (Å²) in [6.45, 7) is 5.98. The first kappa shape index (κ1) is 16.4. The Bertz CT molecular complexity index is 767. The Morgan fingerprint density at radius 3 is 2.45 bits per heavy atom. The fourth-order valence-electron chi connectivity index (χ4n) is 2.17. The molecule has 0 saturated carbocycles. The molecule has 2 aromatic rings. The quantitative estimate of drug-likeness (QED) is 0.908. The smallest absolute Gasteiger partial charge is 0.265 e. The molecule has 0 fully saturated rings. The van der Waals surface area contributed by atoms with Crippen molar-refractivity contribution in [3.63, 3.8) is 0 Å². The maximum atomic E-state index is 12.6. The van der Waals surface area contributed by atoms with Crippen molar-refractivity contribution in [2.45, 2.75) is 31.6 Å². The van der Waals surface area contributed by atoms with Crippen LogP contribution in [0, 0.1) is 6.92 Å². The van der Waals surface area contributed by atoms with Crippen molar-refractivity contribution >= 4 is 15.7 Å². The molecule has 0 heterocycles. The second-order valence-electron chi connectivity index (χ2n) is 5.54. The molecule has 0 aliphatic carbocycles. The Labute approximate surface area is 132 Å². The van der Waals surface area contributed by atoms with E-state index in [0.717, 1.165) is 11.1 Å². The molecule has 0 amide bonds. The van der Waals surface area contributed by atoms with E-state index in [4.69, 9.17) is 4.74 Å². The number of rotatable bonds is 5. The molecule has 0 aliphatic heterocycles. The van der Waals surface area contributed by atoms with Crippen LogP contribution in [0.15, 0.2) is 47.4 Å². The van der Waals surface area contributed by atoms with E-state index in [-0.39, 0.29) is 4.90 Å². The molecule has 0 atom stereocenters. The third kappa shape index (κ3) is 3.60. The average molecular weight is 319 g/mol.